The fourth-order valence-corrected chi connectivity index (χ4v) is 5.28. The normalized spacial score (nSPS) is 12.8. The van der Waals surface area contributed by atoms with E-state index in [-0.39, 0.29) is 12.1 Å². The highest BCUT2D eigenvalue weighted by molar-refractivity contribution is 6.52. The van der Waals surface area contributed by atoms with Crippen LogP contribution in [0.25, 0.3) is 0 Å². The lowest BCUT2D eigenvalue weighted by Crippen LogP contribution is -2.46. The van der Waals surface area contributed by atoms with Crippen molar-refractivity contribution in [3.05, 3.63) is 114 Å². The van der Waals surface area contributed by atoms with E-state index in [1.165, 1.54) is 24.0 Å². The van der Waals surface area contributed by atoms with Crippen LogP contribution in [0.1, 0.15) is 27.5 Å². The zero-order valence-electron chi connectivity index (χ0n) is 25.5. The van der Waals surface area contributed by atoms with Crippen molar-refractivity contribution >= 4 is 40.6 Å². The molecule has 0 aliphatic carbocycles. The van der Waals surface area contributed by atoms with Crippen LogP contribution in [0.4, 0.5) is 17.1 Å². The summed E-state index contributed by atoms with van der Waals surface area (Å²) in [6.45, 7) is -0.397. The molecule has 0 radical (unpaired) electrons. The maximum Gasteiger partial charge on any atom is 0.299 e. The van der Waals surface area contributed by atoms with Crippen molar-refractivity contribution in [1.29, 1.82) is 0 Å². The average Bonchev–Trinajstić information content (AvgIpc) is 3.29. The number of anilines is 3. The molecule has 3 amide bonds. The maximum absolute atomic E-state index is 14.3. The summed E-state index contributed by atoms with van der Waals surface area (Å²) in [4.78, 5) is 58.8. The van der Waals surface area contributed by atoms with Gasteiger partial charge in [-0.15, -0.1) is 0 Å². The second kappa shape index (κ2) is 13.3. The zero-order valence-corrected chi connectivity index (χ0v) is 25.5. The summed E-state index contributed by atoms with van der Waals surface area (Å²) in [5, 5.41) is 2.96. The highest BCUT2D eigenvalue weighted by Crippen LogP contribution is 2.35. The van der Waals surface area contributed by atoms with E-state index < -0.39 is 36.1 Å². The molecule has 1 aliphatic heterocycles. The van der Waals surface area contributed by atoms with Gasteiger partial charge in [0.05, 0.1) is 25.5 Å². The minimum absolute atomic E-state index is 0.0449. The number of para-hydroxylation sites is 1. The molecule has 1 N–H and O–H groups in total. The number of rotatable bonds is 11. The highest BCUT2D eigenvalue weighted by atomic mass is 16.5. The number of hydrogen-bond donors (Lipinski definition) is 1. The van der Waals surface area contributed by atoms with Crippen LogP contribution in [0.15, 0.2) is 97.1 Å². The number of fused-ring (bicyclic) bond motifs is 1. The highest BCUT2D eigenvalue weighted by Gasteiger charge is 2.39. The van der Waals surface area contributed by atoms with Gasteiger partial charge < -0.3 is 24.6 Å². The van der Waals surface area contributed by atoms with Crippen molar-refractivity contribution in [1.82, 2.24) is 4.90 Å². The summed E-state index contributed by atoms with van der Waals surface area (Å²) >= 11 is 0. The summed E-state index contributed by atoms with van der Waals surface area (Å²) in [6, 6.07) is 27.0. The third-order valence-electron chi connectivity index (χ3n) is 7.62. The Morgan fingerprint density at radius 2 is 1.49 bits per heavy atom. The first kappa shape index (κ1) is 30.8. The van der Waals surface area contributed by atoms with Gasteiger partial charge in [-0.25, -0.2) is 0 Å². The number of benzene rings is 4. The van der Waals surface area contributed by atoms with Gasteiger partial charge in [-0.05, 0) is 59.7 Å². The van der Waals surface area contributed by atoms with Gasteiger partial charge in [0.1, 0.15) is 12.6 Å². The van der Waals surface area contributed by atoms with Crippen LogP contribution in [0, 0.1) is 0 Å². The quantitative estimate of drug-likeness (QED) is 0.247. The first-order valence-corrected chi connectivity index (χ1v) is 14.3. The number of nitrogens with zero attached hydrogens (tertiary/aromatic N) is 3. The third-order valence-corrected chi connectivity index (χ3v) is 7.62. The minimum Gasteiger partial charge on any atom is -0.493 e. The number of ether oxygens (including phenoxy) is 2. The van der Waals surface area contributed by atoms with E-state index in [9.17, 15) is 19.2 Å². The Morgan fingerprint density at radius 3 is 2.16 bits per heavy atom. The number of ketones is 1. The van der Waals surface area contributed by atoms with E-state index in [1.54, 1.807) is 54.6 Å². The number of carbonyl (C=O) groups excluding carboxylic acids is 4. The van der Waals surface area contributed by atoms with Crippen molar-refractivity contribution in [3.8, 4) is 11.5 Å². The molecule has 1 heterocycles. The van der Waals surface area contributed by atoms with Gasteiger partial charge in [-0.1, -0.05) is 48.5 Å². The summed E-state index contributed by atoms with van der Waals surface area (Å²) in [6.07, 6.45) is 0. The molecular formula is C35H34N4O6. The second-order valence-electron chi connectivity index (χ2n) is 10.7. The standard InChI is InChI=1S/C35H34N4O6/c1-37(2)26-17-15-25(16-18-26)36-34(42)32(24-14-19-29(44-3)30(20-24)45-4)39(21-23-10-6-5-7-11-23)31(40)22-38-28-13-9-8-12-27(28)33(41)35(38)43/h5-20,32H,21-22H2,1-4H3,(H,36,42)/t32-/m1/s1. The van der Waals surface area contributed by atoms with Crippen LogP contribution in [0.2, 0.25) is 0 Å². The number of hydrogen-bond acceptors (Lipinski definition) is 7. The molecule has 0 saturated carbocycles. The van der Waals surface area contributed by atoms with E-state index in [1.807, 2.05) is 61.5 Å². The number of amides is 3. The molecule has 10 nitrogen and oxygen atoms in total. The van der Waals surface area contributed by atoms with Crippen molar-refractivity contribution in [2.24, 2.45) is 0 Å². The van der Waals surface area contributed by atoms with Gasteiger partial charge in [0, 0.05) is 32.0 Å². The molecule has 4 aromatic rings. The Balaban J connectivity index is 1.57. The molecule has 0 bridgehead atoms. The van der Waals surface area contributed by atoms with Crippen LogP contribution < -0.4 is 24.6 Å². The summed E-state index contributed by atoms with van der Waals surface area (Å²) in [7, 11) is 6.84. The molecule has 4 aromatic carbocycles. The van der Waals surface area contributed by atoms with Crippen LogP contribution in [-0.2, 0) is 20.9 Å². The van der Waals surface area contributed by atoms with Crippen molar-refractivity contribution < 1.29 is 28.7 Å². The molecule has 230 valence electrons. The number of Topliss-reactive ketones (excluding diaryl/α,β-unsaturated/α-hetero) is 1. The van der Waals surface area contributed by atoms with Crippen LogP contribution >= 0.6 is 0 Å². The molecule has 0 saturated heterocycles. The van der Waals surface area contributed by atoms with Gasteiger partial charge in [-0.3, -0.25) is 24.1 Å². The zero-order chi connectivity index (χ0) is 32.1. The second-order valence-corrected chi connectivity index (χ2v) is 10.7. The van der Waals surface area contributed by atoms with Crippen molar-refractivity contribution in [2.75, 3.05) is 50.0 Å². The van der Waals surface area contributed by atoms with Crippen LogP contribution in [-0.4, -0.2) is 63.3 Å². The van der Waals surface area contributed by atoms with Crippen molar-refractivity contribution in [2.45, 2.75) is 12.6 Å². The Hall–Kier alpha value is -5.64. The molecule has 0 aromatic heterocycles. The van der Waals surface area contributed by atoms with Gasteiger partial charge in [0.2, 0.25) is 5.91 Å². The van der Waals surface area contributed by atoms with Crippen LogP contribution in [0.3, 0.4) is 0 Å². The number of carbonyl (C=O) groups is 4. The fourth-order valence-electron chi connectivity index (χ4n) is 5.28. The lowest BCUT2D eigenvalue weighted by atomic mass is 10.0. The molecule has 0 spiro atoms. The van der Waals surface area contributed by atoms with Crippen LogP contribution in [0.5, 0.6) is 11.5 Å². The topological polar surface area (TPSA) is 108 Å². The fraction of sp³-hybridized carbons (Fsp3) is 0.200. The van der Waals surface area contributed by atoms with E-state index in [4.69, 9.17) is 9.47 Å². The summed E-state index contributed by atoms with van der Waals surface area (Å²) in [5.74, 6) is -1.65. The first-order chi connectivity index (χ1) is 21.7. The Labute approximate surface area is 261 Å². The van der Waals surface area contributed by atoms with E-state index in [2.05, 4.69) is 5.32 Å². The molecule has 5 rings (SSSR count). The van der Waals surface area contributed by atoms with E-state index >= 15 is 0 Å². The smallest absolute Gasteiger partial charge is 0.299 e. The predicted octanol–water partition coefficient (Wildman–Crippen LogP) is 4.71. The monoisotopic (exact) mass is 606 g/mol. The molecular weight excluding hydrogens is 572 g/mol. The van der Waals surface area contributed by atoms with E-state index in [0.29, 0.717) is 28.4 Å². The lowest BCUT2D eigenvalue weighted by molar-refractivity contribution is -0.139. The van der Waals surface area contributed by atoms with Gasteiger partial charge in [0.15, 0.2) is 11.5 Å². The Kier molecular flexibility index (Phi) is 9.13. The predicted molar refractivity (Wildman–Crippen MR) is 172 cm³/mol. The largest absolute Gasteiger partial charge is 0.493 e. The SMILES string of the molecule is COc1ccc([C@H](C(=O)Nc2ccc(N(C)C)cc2)N(Cc2ccccc2)C(=O)CN2C(=O)C(=O)c3ccccc32)cc1OC. The summed E-state index contributed by atoms with van der Waals surface area (Å²) < 4.78 is 11.0. The lowest BCUT2D eigenvalue weighted by Gasteiger charge is -2.33. The minimum atomic E-state index is -1.16. The Morgan fingerprint density at radius 1 is 0.822 bits per heavy atom. The van der Waals surface area contributed by atoms with Gasteiger partial charge >= 0.3 is 0 Å². The molecule has 0 unspecified atom stereocenters. The number of methoxy groups -OCH3 is 2. The Bertz CT molecular complexity index is 1720. The third kappa shape index (κ3) is 6.50. The van der Waals surface area contributed by atoms with Gasteiger partial charge in [0.25, 0.3) is 17.6 Å². The molecule has 10 heteroatoms. The molecule has 45 heavy (non-hydrogen) atoms. The summed E-state index contributed by atoms with van der Waals surface area (Å²) in [5.41, 5.74) is 3.31. The molecule has 1 atom stereocenters. The maximum atomic E-state index is 14.3. The first-order valence-electron chi connectivity index (χ1n) is 14.3. The van der Waals surface area contributed by atoms with Crippen molar-refractivity contribution in [3.63, 3.8) is 0 Å². The average molecular weight is 607 g/mol. The molecule has 1 aliphatic rings. The van der Waals surface area contributed by atoms with Gasteiger partial charge in [-0.2, -0.15) is 0 Å². The van der Waals surface area contributed by atoms with E-state index in [0.717, 1.165) is 11.3 Å². The number of nitrogens with one attached hydrogen (secondary N) is 1. The molecule has 0 fully saturated rings.